The van der Waals surface area contributed by atoms with E-state index in [1.165, 1.54) is 83.6 Å². The van der Waals surface area contributed by atoms with Crippen molar-refractivity contribution in [3.05, 3.63) is 35.9 Å². The fraction of sp³-hybridized carbons (Fsp3) is 0.636. The van der Waals surface area contributed by atoms with E-state index in [1.54, 1.807) is 0 Å². The van der Waals surface area contributed by atoms with Gasteiger partial charge in [-0.25, -0.2) is 9.59 Å². The zero-order chi connectivity index (χ0) is 21.1. The molecule has 2 N–H and O–H groups in total. The number of likely N-dealkylation sites (N-methyl/N-ethyl adjacent to an activating group) is 1. The monoisotopic (exact) mass is 405 g/mol. The van der Waals surface area contributed by atoms with Gasteiger partial charge < -0.3 is 20.0 Å². The number of carbonyl (C=O) groups is 2. The first-order chi connectivity index (χ1) is 14.0. The van der Waals surface area contributed by atoms with Crippen LogP contribution in [0.25, 0.3) is 0 Å². The predicted octanol–water partition coefficient (Wildman–Crippen LogP) is 1.88. The molecular formula is C22H35N3O4. The van der Waals surface area contributed by atoms with Crippen LogP contribution in [0.2, 0.25) is 0 Å². The van der Waals surface area contributed by atoms with Crippen LogP contribution in [-0.2, 0) is 16.0 Å². The Morgan fingerprint density at radius 2 is 1.48 bits per heavy atom. The Hall–Kier alpha value is -1.96. The number of piperidine rings is 1. The summed E-state index contributed by atoms with van der Waals surface area (Å²) in [7, 11) is 0. The highest BCUT2D eigenvalue weighted by Crippen LogP contribution is 2.18. The van der Waals surface area contributed by atoms with Crippen molar-refractivity contribution in [2.75, 3.05) is 52.4 Å². The molecule has 0 amide bonds. The zero-order valence-corrected chi connectivity index (χ0v) is 17.5. The maximum absolute atomic E-state index is 9.10. The van der Waals surface area contributed by atoms with Crippen LogP contribution in [0.15, 0.2) is 30.3 Å². The Bertz CT molecular complexity index is 598. The van der Waals surface area contributed by atoms with Gasteiger partial charge in [-0.05, 0) is 57.4 Å². The van der Waals surface area contributed by atoms with E-state index in [1.807, 2.05) is 0 Å². The van der Waals surface area contributed by atoms with E-state index in [4.69, 9.17) is 19.8 Å². The molecule has 0 aromatic heterocycles. The molecule has 1 aromatic rings. The summed E-state index contributed by atoms with van der Waals surface area (Å²) in [6, 6.07) is 11.8. The van der Waals surface area contributed by atoms with Gasteiger partial charge in [-0.2, -0.15) is 0 Å². The van der Waals surface area contributed by atoms with E-state index >= 15 is 0 Å². The fourth-order valence-electron chi connectivity index (χ4n) is 4.10. The summed E-state index contributed by atoms with van der Waals surface area (Å²) in [5.74, 6) is -3.65. The molecule has 7 heteroatoms. The molecule has 2 saturated heterocycles. The molecule has 0 radical (unpaired) electrons. The van der Waals surface area contributed by atoms with E-state index < -0.39 is 11.9 Å². The van der Waals surface area contributed by atoms with Crippen molar-refractivity contribution in [1.29, 1.82) is 0 Å². The number of nitrogens with zero attached hydrogens (tertiary/aromatic N) is 3. The van der Waals surface area contributed by atoms with Crippen LogP contribution in [0.4, 0.5) is 0 Å². The standard InChI is InChI=1S/C20H33N3.C2H2O4/c1-2-21-15-17-23(18-16-21)20-10-13-22(14-11-20)12-6-9-19-7-4-3-5-8-19;3-1(4)2(5)6/h3-5,7-8,20H,2,6,9-18H2,1H3;(H,3,4)(H,5,6). The van der Waals surface area contributed by atoms with Crippen LogP contribution in [0, 0.1) is 0 Å². The summed E-state index contributed by atoms with van der Waals surface area (Å²) in [5.41, 5.74) is 1.48. The molecule has 1 aromatic carbocycles. The van der Waals surface area contributed by atoms with Gasteiger partial charge in [0.2, 0.25) is 0 Å². The molecule has 0 spiro atoms. The van der Waals surface area contributed by atoms with Crippen LogP contribution >= 0.6 is 0 Å². The topological polar surface area (TPSA) is 84.3 Å². The number of piperazine rings is 1. The molecule has 162 valence electrons. The number of carboxylic acids is 2. The smallest absolute Gasteiger partial charge is 0.414 e. The number of aryl methyl sites for hydroxylation is 1. The summed E-state index contributed by atoms with van der Waals surface area (Å²) >= 11 is 0. The lowest BCUT2D eigenvalue weighted by atomic mass is 10.0. The van der Waals surface area contributed by atoms with Gasteiger partial charge in [-0.3, -0.25) is 4.90 Å². The van der Waals surface area contributed by atoms with Gasteiger partial charge >= 0.3 is 11.9 Å². The van der Waals surface area contributed by atoms with E-state index in [2.05, 4.69) is 52.0 Å². The second kappa shape index (κ2) is 12.6. The molecule has 7 nitrogen and oxygen atoms in total. The van der Waals surface area contributed by atoms with Crippen LogP contribution < -0.4 is 0 Å². The normalized spacial score (nSPS) is 19.3. The van der Waals surface area contributed by atoms with Gasteiger partial charge in [-0.15, -0.1) is 0 Å². The molecule has 29 heavy (non-hydrogen) atoms. The van der Waals surface area contributed by atoms with Crippen molar-refractivity contribution >= 4 is 11.9 Å². The molecule has 2 aliphatic heterocycles. The first kappa shape index (κ1) is 23.3. The average molecular weight is 406 g/mol. The summed E-state index contributed by atoms with van der Waals surface area (Å²) in [6.07, 6.45) is 5.26. The number of likely N-dealkylation sites (tertiary alicyclic amines) is 1. The maximum atomic E-state index is 9.10. The lowest BCUT2D eigenvalue weighted by Crippen LogP contribution is -2.53. The van der Waals surface area contributed by atoms with Crippen molar-refractivity contribution in [2.45, 2.75) is 38.6 Å². The molecular weight excluding hydrogens is 370 g/mol. The number of hydrogen-bond acceptors (Lipinski definition) is 5. The molecule has 0 saturated carbocycles. The summed E-state index contributed by atoms with van der Waals surface area (Å²) in [5, 5.41) is 14.8. The maximum Gasteiger partial charge on any atom is 0.414 e. The lowest BCUT2D eigenvalue weighted by Gasteiger charge is -2.42. The minimum absolute atomic E-state index is 0.847. The number of hydrogen-bond donors (Lipinski definition) is 2. The van der Waals surface area contributed by atoms with Crippen molar-refractivity contribution in [3.8, 4) is 0 Å². The fourth-order valence-corrected chi connectivity index (χ4v) is 4.10. The Labute approximate surface area is 173 Å². The lowest BCUT2D eigenvalue weighted by molar-refractivity contribution is -0.159. The van der Waals surface area contributed by atoms with Gasteiger partial charge in [0, 0.05) is 32.2 Å². The molecule has 0 bridgehead atoms. The second-order valence-corrected chi connectivity index (χ2v) is 7.74. The van der Waals surface area contributed by atoms with E-state index in [0.29, 0.717) is 0 Å². The van der Waals surface area contributed by atoms with Crippen LogP contribution in [0.5, 0.6) is 0 Å². The van der Waals surface area contributed by atoms with Gasteiger partial charge in [0.1, 0.15) is 0 Å². The van der Waals surface area contributed by atoms with Crippen molar-refractivity contribution in [2.24, 2.45) is 0 Å². The highest BCUT2D eigenvalue weighted by atomic mass is 16.4. The first-order valence-electron chi connectivity index (χ1n) is 10.7. The van der Waals surface area contributed by atoms with E-state index in [-0.39, 0.29) is 0 Å². The molecule has 2 aliphatic rings. The summed E-state index contributed by atoms with van der Waals surface area (Å²) in [4.78, 5) is 26.2. The minimum atomic E-state index is -1.82. The molecule has 0 aliphatic carbocycles. The van der Waals surface area contributed by atoms with Crippen LogP contribution in [-0.4, -0.2) is 95.3 Å². The SMILES string of the molecule is CCN1CCN(C2CCN(CCCc3ccccc3)CC2)CC1.O=C(O)C(=O)O. The van der Waals surface area contributed by atoms with Gasteiger partial charge in [0.15, 0.2) is 0 Å². The van der Waals surface area contributed by atoms with Gasteiger partial charge in [0.05, 0.1) is 0 Å². The molecule has 0 unspecified atom stereocenters. The molecule has 0 atom stereocenters. The Kier molecular flexibility index (Phi) is 10.1. The van der Waals surface area contributed by atoms with Gasteiger partial charge in [-0.1, -0.05) is 37.3 Å². The van der Waals surface area contributed by atoms with Crippen LogP contribution in [0.3, 0.4) is 0 Å². The highest BCUT2D eigenvalue weighted by Gasteiger charge is 2.26. The van der Waals surface area contributed by atoms with E-state index in [0.717, 1.165) is 6.04 Å². The van der Waals surface area contributed by atoms with Crippen molar-refractivity contribution in [1.82, 2.24) is 14.7 Å². The Balaban J connectivity index is 0.000000438. The van der Waals surface area contributed by atoms with Crippen molar-refractivity contribution in [3.63, 3.8) is 0 Å². The number of benzene rings is 1. The van der Waals surface area contributed by atoms with Crippen LogP contribution in [0.1, 0.15) is 31.7 Å². The highest BCUT2D eigenvalue weighted by molar-refractivity contribution is 6.27. The predicted molar refractivity (Wildman–Crippen MR) is 113 cm³/mol. The number of rotatable bonds is 6. The van der Waals surface area contributed by atoms with E-state index in [9.17, 15) is 0 Å². The van der Waals surface area contributed by atoms with Crippen molar-refractivity contribution < 1.29 is 19.8 Å². The quantitative estimate of drug-likeness (QED) is 0.699. The third-order valence-electron chi connectivity index (χ3n) is 5.89. The third kappa shape index (κ3) is 8.51. The Morgan fingerprint density at radius 1 is 0.897 bits per heavy atom. The number of aliphatic carboxylic acids is 2. The zero-order valence-electron chi connectivity index (χ0n) is 17.5. The average Bonchev–Trinajstić information content (AvgIpc) is 2.75. The molecule has 2 heterocycles. The third-order valence-corrected chi connectivity index (χ3v) is 5.89. The Morgan fingerprint density at radius 3 is 2.00 bits per heavy atom. The largest absolute Gasteiger partial charge is 0.473 e. The summed E-state index contributed by atoms with van der Waals surface area (Å²) in [6.45, 7) is 12.5. The first-order valence-corrected chi connectivity index (χ1v) is 10.7. The minimum Gasteiger partial charge on any atom is -0.473 e. The second-order valence-electron chi connectivity index (χ2n) is 7.74. The van der Waals surface area contributed by atoms with Gasteiger partial charge in [0.25, 0.3) is 0 Å². The molecule has 2 fully saturated rings. The number of carboxylic acid groups (broad SMARTS) is 2. The summed E-state index contributed by atoms with van der Waals surface area (Å²) < 4.78 is 0. The molecule has 3 rings (SSSR count).